The van der Waals surface area contributed by atoms with Crippen molar-refractivity contribution in [1.29, 1.82) is 0 Å². The van der Waals surface area contributed by atoms with Crippen molar-refractivity contribution in [2.75, 3.05) is 51.8 Å². The Kier molecular flexibility index (Phi) is 9.89. The van der Waals surface area contributed by atoms with Crippen LogP contribution in [0.1, 0.15) is 12.1 Å². The maximum absolute atomic E-state index is 4.88. The lowest BCUT2D eigenvalue weighted by Gasteiger charge is -2.36. The van der Waals surface area contributed by atoms with Crippen LogP contribution >= 0.6 is 35.7 Å². The summed E-state index contributed by atoms with van der Waals surface area (Å²) < 4.78 is 4.88. The van der Waals surface area contributed by atoms with Gasteiger partial charge >= 0.3 is 0 Å². The molecule has 0 spiro atoms. The van der Waals surface area contributed by atoms with Crippen molar-refractivity contribution >= 4 is 41.7 Å². The maximum Gasteiger partial charge on any atom is 0.193 e. The predicted octanol–water partition coefficient (Wildman–Crippen LogP) is 1.74. The van der Waals surface area contributed by atoms with E-state index in [1.807, 2.05) is 24.9 Å². The van der Waals surface area contributed by atoms with E-state index in [2.05, 4.69) is 31.5 Å². The number of nitrogens with zero attached hydrogens (tertiary/aromatic N) is 4. The van der Waals surface area contributed by atoms with Crippen molar-refractivity contribution in [1.82, 2.24) is 20.3 Å². The van der Waals surface area contributed by atoms with E-state index < -0.39 is 0 Å². The minimum absolute atomic E-state index is 0. The summed E-state index contributed by atoms with van der Waals surface area (Å²) in [6.45, 7) is 5.91. The first-order valence-electron chi connectivity index (χ1n) is 7.39. The lowest BCUT2D eigenvalue weighted by Crippen LogP contribution is -2.52. The van der Waals surface area contributed by atoms with Gasteiger partial charge in [-0.05, 0) is 18.4 Å². The number of rotatable bonds is 6. The lowest BCUT2D eigenvalue weighted by molar-refractivity contribution is 0.169. The zero-order valence-corrected chi connectivity index (χ0v) is 16.5. The zero-order chi connectivity index (χ0) is 14.9. The lowest BCUT2D eigenvalue weighted by atomic mass is 10.3. The van der Waals surface area contributed by atoms with Crippen LogP contribution in [0.2, 0.25) is 0 Å². The topological polar surface area (TPSA) is 56.9 Å². The van der Waals surface area contributed by atoms with Crippen LogP contribution in [0.3, 0.4) is 0 Å². The highest BCUT2D eigenvalue weighted by molar-refractivity contribution is 14.0. The number of halogens is 1. The molecule has 0 amide bonds. The Bertz CT molecular complexity index is 421. The summed E-state index contributed by atoms with van der Waals surface area (Å²) in [6, 6.07) is 1.93. The zero-order valence-electron chi connectivity index (χ0n) is 13.3. The van der Waals surface area contributed by atoms with Crippen LogP contribution in [0, 0.1) is 0 Å². The van der Waals surface area contributed by atoms with Crippen LogP contribution in [-0.2, 0) is 6.54 Å². The Morgan fingerprint density at radius 3 is 2.77 bits per heavy atom. The fraction of sp³-hybridized carbons (Fsp3) is 0.714. The minimum Gasteiger partial charge on any atom is -0.364 e. The molecular formula is C14H26IN5OS. The number of nitrogens with one attached hydrogen (secondary N) is 1. The molecule has 2 heterocycles. The third-order valence-electron chi connectivity index (χ3n) is 3.57. The van der Waals surface area contributed by atoms with Crippen LogP contribution in [0.4, 0.5) is 0 Å². The van der Waals surface area contributed by atoms with E-state index in [4.69, 9.17) is 4.52 Å². The smallest absolute Gasteiger partial charge is 0.193 e. The molecule has 0 bridgehead atoms. The Morgan fingerprint density at radius 1 is 1.41 bits per heavy atom. The monoisotopic (exact) mass is 439 g/mol. The van der Waals surface area contributed by atoms with E-state index in [0.29, 0.717) is 0 Å². The van der Waals surface area contributed by atoms with Crippen molar-refractivity contribution in [3.63, 3.8) is 0 Å². The molecule has 0 aromatic carbocycles. The van der Waals surface area contributed by atoms with E-state index in [1.165, 1.54) is 12.2 Å². The van der Waals surface area contributed by atoms with Gasteiger partial charge in [0.15, 0.2) is 5.96 Å². The second-order valence-electron chi connectivity index (χ2n) is 5.07. The van der Waals surface area contributed by atoms with Crippen LogP contribution in [0.15, 0.2) is 21.8 Å². The molecule has 0 radical (unpaired) electrons. The number of thioether (sulfide) groups is 1. The van der Waals surface area contributed by atoms with Gasteiger partial charge in [0.25, 0.3) is 0 Å². The fourth-order valence-electron chi connectivity index (χ4n) is 2.41. The van der Waals surface area contributed by atoms with Crippen molar-refractivity contribution in [2.24, 2.45) is 4.99 Å². The SMILES string of the molecule is CN=C(NCCCSC)N1CCN(Cc2ccon2)CC1.I. The molecule has 1 N–H and O–H groups in total. The van der Waals surface area contributed by atoms with Gasteiger partial charge in [0.05, 0.1) is 5.69 Å². The summed E-state index contributed by atoms with van der Waals surface area (Å²) in [5, 5.41) is 7.42. The fourth-order valence-corrected chi connectivity index (χ4v) is 2.85. The summed E-state index contributed by atoms with van der Waals surface area (Å²) in [7, 11) is 1.86. The number of hydrogen-bond donors (Lipinski definition) is 1. The van der Waals surface area contributed by atoms with Gasteiger partial charge in [0.2, 0.25) is 0 Å². The summed E-state index contributed by atoms with van der Waals surface area (Å²) >= 11 is 1.88. The van der Waals surface area contributed by atoms with Gasteiger partial charge in [-0.1, -0.05) is 5.16 Å². The molecular weight excluding hydrogens is 413 g/mol. The molecule has 126 valence electrons. The second-order valence-corrected chi connectivity index (χ2v) is 6.06. The van der Waals surface area contributed by atoms with Crippen molar-refractivity contribution in [3.8, 4) is 0 Å². The molecule has 0 saturated carbocycles. The average molecular weight is 439 g/mol. The molecule has 1 aliphatic rings. The van der Waals surface area contributed by atoms with Crippen molar-refractivity contribution in [2.45, 2.75) is 13.0 Å². The number of aliphatic imine (C=N–C) groups is 1. The number of guanidine groups is 1. The van der Waals surface area contributed by atoms with Gasteiger partial charge in [-0.3, -0.25) is 9.89 Å². The quantitative estimate of drug-likeness (QED) is 0.316. The average Bonchev–Trinajstić information content (AvgIpc) is 3.02. The van der Waals surface area contributed by atoms with Crippen LogP contribution in [-0.4, -0.2) is 72.7 Å². The molecule has 6 nitrogen and oxygen atoms in total. The summed E-state index contributed by atoms with van der Waals surface area (Å²) in [4.78, 5) is 9.12. The Hall–Kier alpha value is -0.480. The first kappa shape index (κ1) is 19.6. The highest BCUT2D eigenvalue weighted by atomic mass is 127. The van der Waals surface area contributed by atoms with E-state index >= 15 is 0 Å². The molecule has 0 unspecified atom stereocenters. The third kappa shape index (κ3) is 6.33. The van der Waals surface area contributed by atoms with E-state index in [-0.39, 0.29) is 24.0 Å². The maximum atomic E-state index is 4.88. The number of aromatic nitrogens is 1. The number of hydrogen-bond acceptors (Lipinski definition) is 5. The van der Waals surface area contributed by atoms with E-state index in [9.17, 15) is 0 Å². The van der Waals surface area contributed by atoms with E-state index in [0.717, 1.165) is 50.9 Å². The van der Waals surface area contributed by atoms with Crippen LogP contribution < -0.4 is 5.32 Å². The molecule has 1 fully saturated rings. The molecule has 1 aliphatic heterocycles. The normalized spacial score (nSPS) is 16.5. The Labute approximate surface area is 154 Å². The van der Waals surface area contributed by atoms with Gasteiger partial charge in [-0.2, -0.15) is 11.8 Å². The first-order valence-corrected chi connectivity index (χ1v) is 8.79. The molecule has 1 aromatic rings. The largest absolute Gasteiger partial charge is 0.364 e. The molecule has 1 aromatic heterocycles. The van der Waals surface area contributed by atoms with Crippen LogP contribution in [0.5, 0.6) is 0 Å². The summed E-state index contributed by atoms with van der Waals surface area (Å²) in [5.41, 5.74) is 1.00. The van der Waals surface area contributed by atoms with E-state index in [1.54, 1.807) is 6.26 Å². The Morgan fingerprint density at radius 2 is 2.18 bits per heavy atom. The highest BCUT2D eigenvalue weighted by Gasteiger charge is 2.19. The minimum atomic E-state index is 0. The van der Waals surface area contributed by atoms with Crippen molar-refractivity contribution < 1.29 is 4.52 Å². The summed E-state index contributed by atoms with van der Waals surface area (Å²) in [5.74, 6) is 2.22. The summed E-state index contributed by atoms with van der Waals surface area (Å²) in [6.07, 6.45) is 4.95. The highest BCUT2D eigenvalue weighted by Crippen LogP contribution is 2.07. The van der Waals surface area contributed by atoms with Gasteiger partial charge in [0, 0.05) is 52.4 Å². The van der Waals surface area contributed by atoms with Gasteiger partial charge in [-0.25, -0.2) is 0 Å². The van der Waals surface area contributed by atoms with Crippen LogP contribution in [0.25, 0.3) is 0 Å². The standard InChI is InChI=1S/C14H25N5OS.HI/c1-15-14(16-5-3-11-21-2)19-8-6-18(7-9-19)12-13-4-10-20-17-13;/h4,10H,3,5-9,11-12H2,1-2H3,(H,15,16);1H. The van der Waals surface area contributed by atoms with Gasteiger partial charge in [-0.15, -0.1) is 24.0 Å². The van der Waals surface area contributed by atoms with Crippen molar-refractivity contribution in [3.05, 3.63) is 18.0 Å². The third-order valence-corrected chi connectivity index (χ3v) is 4.27. The van der Waals surface area contributed by atoms with Gasteiger partial charge in [0.1, 0.15) is 6.26 Å². The molecule has 1 saturated heterocycles. The number of piperazine rings is 1. The first-order chi connectivity index (χ1) is 10.3. The molecule has 0 atom stereocenters. The van der Waals surface area contributed by atoms with Gasteiger partial charge < -0.3 is 14.7 Å². The Balaban J connectivity index is 0.00000242. The molecule has 0 aliphatic carbocycles. The molecule has 2 rings (SSSR count). The molecule has 8 heteroatoms. The second kappa shape index (κ2) is 11.1. The predicted molar refractivity (Wildman–Crippen MR) is 103 cm³/mol. The molecule has 22 heavy (non-hydrogen) atoms.